The summed E-state index contributed by atoms with van der Waals surface area (Å²) in [5.41, 5.74) is 1.62. The van der Waals surface area contributed by atoms with Crippen LogP contribution in [0.1, 0.15) is 29.9 Å². The monoisotopic (exact) mass is 336 g/mol. The van der Waals surface area contributed by atoms with Crippen LogP contribution in [0.3, 0.4) is 0 Å². The van der Waals surface area contributed by atoms with Crippen molar-refractivity contribution in [1.29, 1.82) is 0 Å². The molecule has 2 aliphatic heterocycles. The number of phenolic OH excluding ortho intramolecular Hbond substituents is 1. The van der Waals surface area contributed by atoms with Crippen molar-refractivity contribution in [1.82, 2.24) is 0 Å². The average molecular weight is 336 g/mol. The molecule has 126 valence electrons. The van der Waals surface area contributed by atoms with Crippen LogP contribution in [0.25, 0.3) is 16.5 Å². The largest absolute Gasteiger partial charge is 0.508 e. The van der Waals surface area contributed by atoms with Crippen LogP contribution in [0, 0.1) is 0 Å². The molecule has 3 aromatic rings. The molecule has 5 heteroatoms. The Labute approximate surface area is 143 Å². The first-order chi connectivity index (χ1) is 12.0. The molecular weight excluding hydrogens is 320 g/mol. The number of phenols is 1. The third-order valence-corrected chi connectivity index (χ3v) is 4.93. The van der Waals surface area contributed by atoms with E-state index in [1.807, 2.05) is 25.1 Å². The zero-order valence-electron chi connectivity index (χ0n) is 13.6. The van der Waals surface area contributed by atoms with Crippen LogP contribution in [0.5, 0.6) is 17.2 Å². The number of benzene rings is 2. The van der Waals surface area contributed by atoms with Gasteiger partial charge in [0.15, 0.2) is 11.7 Å². The average Bonchev–Trinajstić information content (AvgIpc) is 3.13. The quantitative estimate of drug-likeness (QED) is 0.705. The van der Waals surface area contributed by atoms with Crippen LogP contribution in [-0.4, -0.2) is 16.8 Å². The molecule has 2 aliphatic rings. The van der Waals surface area contributed by atoms with E-state index in [9.17, 15) is 10.2 Å². The minimum atomic E-state index is -1.29. The lowest BCUT2D eigenvalue weighted by Crippen LogP contribution is -2.41. The Morgan fingerprint density at radius 3 is 2.88 bits per heavy atom. The van der Waals surface area contributed by atoms with Gasteiger partial charge in [-0.15, -0.1) is 0 Å². The molecule has 5 nitrogen and oxygen atoms in total. The second kappa shape index (κ2) is 4.58. The number of ether oxygens (including phenoxy) is 2. The second-order valence-electron chi connectivity index (χ2n) is 6.68. The van der Waals surface area contributed by atoms with Crippen LogP contribution in [0.2, 0.25) is 0 Å². The predicted octanol–water partition coefficient (Wildman–Crippen LogP) is 3.89. The first kappa shape index (κ1) is 14.4. The summed E-state index contributed by atoms with van der Waals surface area (Å²) in [4.78, 5) is 0. The van der Waals surface area contributed by atoms with E-state index >= 15 is 0 Å². The molecule has 2 aromatic carbocycles. The Morgan fingerprint density at radius 2 is 2.08 bits per heavy atom. The van der Waals surface area contributed by atoms with Crippen molar-refractivity contribution in [2.75, 3.05) is 6.61 Å². The van der Waals surface area contributed by atoms with E-state index in [1.54, 1.807) is 6.07 Å². The van der Waals surface area contributed by atoms with E-state index in [0.29, 0.717) is 28.4 Å². The van der Waals surface area contributed by atoms with Gasteiger partial charge in [-0.25, -0.2) is 0 Å². The lowest BCUT2D eigenvalue weighted by atomic mass is 9.84. The summed E-state index contributed by atoms with van der Waals surface area (Å²) in [5, 5.41) is 21.7. The van der Waals surface area contributed by atoms with Crippen molar-refractivity contribution in [2.24, 2.45) is 0 Å². The van der Waals surface area contributed by atoms with E-state index in [0.717, 1.165) is 16.5 Å². The molecule has 25 heavy (non-hydrogen) atoms. The standard InChI is InChI=1S/C20H16O5/c1-10(2)16-8-13-15(24-16)6-4-12-18(13)23-9-20(22)14-5-3-11(21)7-17(14)25-19(12)20/h3-8,19,21-22H,1,9H2,2H3/t19-,20+/m0/s1. The third kappa shape index (κ3) is 1.81. The molecule has 0 saturated carbocycles. The number of aliphatic hydroxyl groups is 1. The zero-order valence-corrected chi connectivity index (χ0v) is 13.6. The Bertz CT molecular complexity index is 1050. The van der Waals surface area contributed by atoms with Crippen LogP contribution in [-0.2, 0) is 5.60 Å². The van der Waals surface area contributed by atoms with Gasteiger partial charge in [-0.05, 0) is 42.8 Å². The summed E-state index contributed by atoms with van der Waals surface area (Å²) in [6.07, 6.45) is -0.597. The predicted molar refractivity (Wildman–Crippen MR) is 91.8 cm³/mol. The van der Waals surface area contributed by atoms with Gasteiger partial charge in [-0.1, -0.05) is 6.58 Å². The third-order valence-electron chi connectivity index (χ3n) is 4.93. The van der Waals surface area contributed by atoms with Crippen molar-refractivity contribution in [3.05, 3.63) is 59.9 Å². The highest BCUT2D eigenvalue weighted by Gasteiger charge is 2.53. The summed E-state index contributed by atoms with van der Waals surface area (Å²) in [5.74, 6) is 1.92. The molecular formula is C20H16O5. The highest BCUT2D eigenvalue weighted by atomic mass is 16.5. The molecule has 0 fully saturated rings. The Morgan fingerprint density at radius 1 is 1.24 bits per heavy atom. The van der Waals surface area contributed by atoms with Crippen molar-refractivity contribution >= 4 is 16.5 Å². The summed E-state index contributed by atoms with van der Waals surface area (Å²) in [6.45, 7) is 5.86. The molecule has 0 unspecified atom stereocenters. The van der Waals surface area contributed by atoms with E-state index < -0.39 is 11.7 Å². The number of fused-ring (bicyclic) bond motifs is 7. The van der Waals surface area contributed by atoms with Crippen molar-refractivity contribution in [3.8, 4) is 17.2 Å². The number of hydrogen-bond acceptors (Lipinski definition) is 5. The van der Waals surface area contributed by atoms with E-state index in [2.05, 4.69) is 6.58 Å². The number of aromatic hydroxyl groups is 1. The van der Waals surface area contributed by atoms with Gasteiger partial charge in [-0.2, -0.15) is 0 Å². The maximum atomic E-state index is 11.2. The summed E-state index contributed by atoms with van der Waals surface area (Å²) in [6, 6.07) is 10.3. The Hall–Kier alpha value is -2.92. The van der Waals surface area contributed by atoms with E-state index in [1.165, 1.54) is 12.1 Å². The summed E-state index contributed by atoms with van der Waals surface area (Å²) < 4.78 is 17.7. The normalized spacial score (nSPS) is 23.4. The van der Waals surface area contributed by atoms with Gasteiger partial charge < -0.3 is 24.1 Å². The van der Waals surface area contributed by atoms with Crippen LogP contribution >= 0.6 is 0 Å². The smallest absolute Gasteiger partial charge is 0.168 e. The molecule has 2 atom stereocenters. The van der Waals surface area contributed by atoms with Crippen LogP contribution < -0.4 is 9.47 Å². The molecule has 0 amide bonds. The highest BCUT2D eigenvalue weighted by Crippen LogP contribution is 2.55. The fourth-order valence-corrected chi connectivity index (χ4v) is 3.67. The minimum Gasteiger partial charge on any atom is -0.508 e. The molecule has 0 aliphatic carbocycles. The van der Waals surface area contributed by atoms with Gasteiger partial charge in [0.05, 0.1) is 5.39 Å². The Kier molecular flexibility index (Phi) is 2.64. The van der Waals surface area contributed by atoms with Crippen molar-refractivity contribution < 1.29 is 24.1 Å². The van der Waals surface area contributed by atoms with Crippen molar-refractivity contribution in [3.63, 3.8) is 0 Å². The first-order valence-electron chi connectivity index (χ1n) is 8.05. The maximum Gasteiger partial charge on any atom is 0.168 e. The maximum absolute atomic E-state index is 11.2. The molecule has 0 saturated heterocycles. The number of rotatable bonds is 1. The van der Waals surface area contributed by atoms with Gasteiger partial charge >= 0.3 is 0 Å². The Balaban J connectivity index is 1.69. The number of hydrogen-bond donors (Lipinski definition) is 2. The van der Waals surface area contributed by atoms with E-state index in [-0.39, 0.29) is 12.4 Å². The molecule has 2 N–H and O–H groups in total. The summed E-state index contributed by atoms with van der Waals surface area (Å²) in [7, 11) is 0. The second-order valence-corrected chi connectivity index (χ2v) is 6.68. The number of furan rings is 1. The molecule has 1 aromatic heterocycles. The minimum absolute atomic E-state index is 0.0646. The molecule has 0 bridgehead atoms. The van der Waals surface area contributed by atoms with Crippen LogP contribution in [0.4, 0.5) is 0 Å². The topological polar surface area (TPSA) is 72.1 Å². The fourth-order valence-electron chi connectivity index (χ4n) is 3.67. The molecule has 0 spiro atoms. The van der Waals surface area contributed by atoms with E-state index in [4.69, 9.17) is 13.9 Å². The molecule has 0 radical (unpaired) electrons. The van der Waals surface area contributed by atoms with Gasteiger partial charge in [0.2, 0.25) is 0 Å². The fraction of sp³-hybridized carbons (Fsp3) is 0.200. The highest BCUT2D eigenvalue weighted by molar-refractivity contribution is 5.89. The summed E-state index contributed by atoms with van der Waals surface area (Å²) >= 11 is 0. The first-order valence-corrected chi connectivity index (χ1v) is 8.05. The van der Waals surface area contributed by atoms with Gasteiger partial charge in [0.1, 0.15) is 35.2 Å². The lowest BCUT2D eigenvalue weighted by Gasteiger charge is -2.34. The number of allylic oxidation sites excluding steroid dienone is 1. The van der Waals surface area contributed by atoms with Gasteiger partial charge in [-0.3, -0.25) is 0 Å². The molecule has 5 rings (SSSR count). The lowest BCUT2D eigenvalue weighted by molar-refractivity contribution is -0.0858. The van der Waals surface area contributed by atoms with Crippen LogP contribution in [0.15, 0.2) is 47.4 Å². The van der Waals surface area contributed by atoms with Crippen molar-refractivity contribution in [2.45, 2.75) is 18.6 Å². The SMILES string of the molecule is C=C(C)c1cc2c3c(ccc2o1)[C@@H]1Oc2cc(O)ccc2[C@]1(O)CO3. The van der Waals surface area contributed by atoms with Gasteiger partial charge in [0, 0.05) is 17.2 Å². The van der Waals surface area contributed by atoms with Gasteiger partial charge in [0.25, 0.3) is 0 Å². The zero-order chi connectivity index (χ0) is 17.3. The molecule has 3 heterocycles.